The lowest BCUT2D eigenvalue weighted by Crippen LogP contribution is -2.45. The molecule has 1 aromatic rings. The van der Waals surface area contributed by atoms with Crippen LogP contribution in [0.3, 0.4) is 0 Å². The molecule has 0 radical (unpaired) electrons. The summed E-state index contributed by atoms with van der Waals surface area (Å²) < 4.78 is 0. The summed E-state index contributed by atoms with van der Waals surface area (Å²) in [4.78, 5) is 6.78. The van der Waals surface area contributed by atoms with Crippen LogP contribution < -0.4 is 11.1 Å². The van der Waals surface area contributed by atoms with Crippen LogP contribution in [0.5, 0.6) is 0 Å². The maximum absolute atomic E-state index is 6.05. The Morgan fingerprint density at radius 3 is 2.65 bits per heavy atom. The SMILES string of the molecule is CCCC[C@@H](c1cccnc1N)N1CCNCC1.Cl.Cl. The molecule has 1 saturated heterocycles. The molecule has 116 valence electrons. The molecule has 3 N–H and O–H groups in total. The maximum Gasteiger partial charge on any atom is 0.128 e. The molecule has 1 fully saturated rings. The molecule has 0 spiro atoms. The molecule has 0 unspecified atom stereocenters. The highest BCUT2D eigenvalue weighted by molar-refractivity contribution is 5.85. The normalized spacial score (nSPS) is 16.9. The van der Waals surface area contributed by atoms with Crippen molar-refractivity contribution in [1.29, 1.82) is 0 Å². The quantitative estimate of drug-likeness (QED) is 0.875. The minimum Gasteiger partial charge on any atom is -0.383 e. The Morgan fingerprint density at radius 2 is 2.05 bits per heavy atom. The molecule has 0 amide bonds. The molecule has 4 nitrogen and oxygen atoms in total. The summed E-state index contributed by atoms with van der Waals surface area (Å²) in [6.45, 7) is 6.58. The standard InChI is InChI=1S/C14H24N4.2ClH/c1-2-3-6-13(18-10-8-16-9-11-18)12-5-4-7-17-14(12)15;;/h4-5,7,13,16H,2-3,6,8-11H2,1H3,(H2,15,17);2*1H/t13-;;/m0../s1. The number of rotatable bonds is 5. The number of aromatic nitrogens is 1. The van der Waals surface area contributed by atoms with Crippen molar-refractivity contribution in [2.24, 2.45) is 0 Å². The number of unbranched alkanes of at least 4 members (excludes halogenated alkanes) is 1. The molecule has 1 aromatic heterocycles. The number of nitrogens with zero attached hydrogens (tertiary/aromatic N) is 2. The lowest BCUT2D eigenvalue weighted by atomic mass is 9.99. The Morgan fingerprint density at radius 1 is 1.35 bits per heavy atom. The van der Waals surface area contributed by atoms with Crippen molar-refractivity contribution < 1.29 is 0 Å². The zero-order chi connectivity index (χ0) is 12.8. The third-order valence-corrected chi connectivity index (χ3v) is 3.65. The monoisotopic (exact) mass is 320 g/mol. The summed E-state index contributed by atoms with van der Waals surface area (Å²) in [5.74, 6) is 0.692. The molecule has 0 aromatic carbocycles. The van der Waals surface area contributed by atoms with E-state index in [-0.39, 0.29) is 24.8 Å². The van der Waals surface area contributed by atoms with Gasteiger partial charge in [0.25, 0.3) is 0 Å². The van der Waals surface area contributed by atoms with E-state index < -0.39 is 0 Å². The maximum atomic E-state index is 6.05. The second kappa shape index (κ2) is 10.2. The Bertz CT molecular complexity index is 370. The first-order valence-corrected chi connectivity index (χ1v) is 6.98. The summed E-state index contributed by atoms with van der Waals surface area (Å²) >= 11 is 0. The van der Waals surface area contributed by atoms with Crippen molar-refractivity contribution in [2.75, 3.05) is 31.9 Å². The van der Waals surface area contributed by atoms with Gasteiger partial charge in [-0.3, -0.25) is 4.90 Å². The van der Waals surface area contributed by atoms with Crippen LogP contribution in [0.25, 0.3) is 0 Å². The highest BCUT2D eigenvalue weighted by atomic mass is 35.5. The van der Waals surface area contributed by atoms with E-state index in [2.05, 4.69) is 28.2 Å². The Kier molecular flexibility index (Phi) is 9.94. The van der Waals surface area contributed by atoms with Crippen LogP contribution in [0.2, 0.25) is 0 Å². The predicted molar refractivity (Wildman–Crippen MR) is 89.9 cm³/mol. The van der Waals surface area contributed by atoms with Gasteiger partial charge >= 0.3 is 0 Å². The van der Waals surface area contributed by atoms with Crippen LogP contribution in [-0.4, -0.2) is 36.1 Å². The van der Waals surface area contributed by atoms with E-state index in [4.69, 9.17) is 5.73 Å². The van der Waals surface area contributed by atoms with E-state index in [0.717, 1.165) is 26.2 Å². The van der Waals surface area contributed by atoms with Gasteiger partial charge in [0.15, 0.2) is 0 Å². The fraction of sp³-hybridized carbons (Fsp3) is 0.643. The lowest BCUT2D eigenvalue weighted by Gasteiger charge is -2.35. The zero-order valence-corrected chi connectivity index (χ0v) is 13.7. The number of piperazine rings is 1. The molecule has 2 rings (SSSR count). The molecule has 0 bridgehead atoms. The van der Waals surface area contributed by atoms with Crippen LogP contribution in [0.1, 0.15) is 37.8 Å². The summed E-state index contributed by atoms with van der Waals surface area (Å²) in [6, 6.07) is 4.55. The molecule has 20 heavy (non-hydrogen) atoms. The van der Waals surface area contributed by atoms with Crippen molar-refractivity contribution in [2.45, 2.75) is 32.2 Å². The number of pyridine rings is 1. The molecule has 2 heterocycles. The average Bonchev–Trinajstić information content (AvgIpc) is 2.42. The first kappa shape index (κ1) is 19.4. The number of hydrogen-bond donors (Lipinski definition) is 2. The Hall–Kier alpha value is -0.550. The third kappa shape index (κ3) is 5.09. The predicted octanol–water partition coefficient (Wildman–Crippen LogP) is 2.64. The summed E-state index contributed by atoms with van der Waals surface area (Å²) in [5, 5.41) is 3.40. The second-order valence-corrected chi connectivity index (χ2v) is 4.92. The van der Waals surface area contributed by atoms with Crippen LogP contribution in [0, 0.1) is 0 Å². The smallest absolute Gasteiger partial charge is 0.128 e. The number of nitrogens with one attached hydrogen (secondary N) is 1. The van der Waals surface area contributed by atoms with Gasteiger partial charge in [-0.2, -0.15) is 0 Å². The molecule has 0 aliphatic carbocycles. The van der Waals surface area contributed by atoms with Crippen LogP contribution in [0.15, 0.2) is 18.3 Å². The van der Waals surface area contributed by atoms with E-state index in [0.29, 0.717) is 11.9 Å². The molecule has 6 heteroatoms. The van der Waals surface area contributed by atoms with Crippen LogP contribution >= 0.6 is 24.8 Å². The van der Waals surface area contributed by atoms with Gasteiger partial charge in [-0.1, -0.05) is 25.8 Å². The van der Waals surface area contributed by atoms with E-state index in [1.165, 1.54) is 24.8 Å². The van der Waals surface area contributed by atoms with Gasteiger partial charge in [-0.25, -0.2) is 4.98 Å². The van der Waals surface area contributed by atoms with Crippen LogP contribution in [-0.2, 0) is 0 Å². The molecule has 1 aliphatic rings. The first-order chi connectivity index (χ1) is 8.83. The first-order valence-electron chi connectivity index (χ1n) is 6.98. The summed E-state index contributed by atoms with van der Waals surface area (Å²) in [5.41, 5.74) is 7.25. The largest absolute Gasteiger partial charge is 0.383 e. The van der Waals surface area contributed by atoms with Crippen LogP contribution in [0.4, 0.5) is 5.82 Å². The van der Waals surface area contributed by atoms with E-state index in [9.17, 15) is 0 Å². The van der Waals surface area contributed by atoms with Crippen molar-refractivity contribution in [1.82, 2.24) is 15.2 Å². The Balaban J connectivity index is 0.00000180. The zero-order valence-electron chi connectivity index (χ0n) is 12.0. The van der Waals surface area contributed by atoms with Gasteiger partial charge in [0.1, 0.15) is 5.82 Å². The average molecular weight is 321 g/mol. The van der Waals surface area contributed by atoms with Gasteiger partial charge < -0.3 is 11.1 Å². The highest BCUT2D eigenvalue weighted by Crippen LogP contribution is 2.29. The minimum absolute atomic E-state index is 0. The fourth-order valence-electron chi connectivity index (χ4n) is 2.64. The number of hydrogen-bond acceptors (Lipinski definition) is 4. The number of nitrogens with two attached hydrogens (primary N) is 1. The second-order valence-electron chi connectivity index (χ2n) is 4.92. The summed E-state index contributed by atoms with van der Waals surface area (Å²) in [7, 11) is 0. The van der Waals surface area contributed by atoms with E-state index in [1.807, 2.05) is 6.07 Å². The number of nitrogen functional groups attached to an aromatic ring is 1. The van der Waals surface area contributed by atoms with Gasteiger partial charge in [0, 0.05) is 44.0 Å². The van der Waals surface area contributed by atoms with Gasteiger partial charge in [-0.05, 0) is 12.5 Å². The minimum atomic E-state index is 0. The van der Waals surface area contributed by atoms with Gasteiger partial charge in [0.05, 0.1) is 0 Å². The fourth-order valence-corrected chi connectivity index (χ4v) is 2.64. The van der Waals surface area contributed by atoms with Crippen molar-refractivity contribution >= 4 is 30.6 Å². The summed E-state index contributed by atoms with van der Waals surface area (Å²) in [6.07, 6.45) is 5.41. The lowest BCUT2D eigenvalue weighted by molar-refractivity contribution is 0.163. The molecule has 0 saturated carbocycles. The topological polar surface area (TPSA) is 54.2 Å². The van der Waals surface area contributed by atoms with Crippen molar-refractivity contribution in [3.05, 3.63) is 23.9 Å². The number of anilines is 1. The van der Waals surface area contributed by atoms with E-state index in [1.54, 1.807) is 6.20 Å². The Labute approximate surface area is 134 Å². The van der Waals surface area contributed by atoms with Gasteiger partial charge in [0.2, 0.25) is 0 Å². The van der Waals surface area contributed by atoms with Crippen molar-refractivity contribution in [3.8, 4) is 0 Å². The third-order valence-electron chi connectivity index (χ3n) is 3.65. The molecular formula is C14H26Cl2N4. The van der Waals surface area contributed by atoms with Gasteiger partial charge in [-0.15, -0.1) is 24.8 Å². The molecule has 1 aliphatic heterocycles. The number of halogens is 2. The molecule has 1 atom stereocenters. The highest BCUT2D eigenvalue weighted by Gasteiger charge is 2.23. The van der Waals surface area contributed by atoms with Crippen molar-refractivity contribution in [3.63, 3.8) is 0 Å². The molecular weight excluding hydrogens is 295 g/mol. The van der Waals surface area contributed by atoms with E-state index >= 15 is 0 Å².